The minimum absolute atomic E-state index is 0.0992. The summed E-state index contributed by atoms with van der Waals surface area (Å²) in [7, 11) is 1.55. The zero-order valence-corrected chi connectivity index (χ0v) is 15.9. The van der Waals surface area contributed by atoms with E-state index >= 15 is 0 Å². The van der Waals surface area contributed by atoms with Crippen LogP contribution in [0.15, 0.2) is 46.1 Å². The fourth-order valence-electron chi connectivity index (χ4n) is 3.48. The van der Waals surface area contributed by atoms with E-state index in [1.807, 2.05) is 6.07 Å². The molecule has 1 aromatic carbocycles. The van der Waals surface area contributed by atoms with Crippen molar-refractivity contribution < 1.29 is 14.6 Å². The first-order valence-corrected chi connectivity index (χ1v) is 9.47. The molecule has 0 aliphatic heterocycles. The van der Waals surface area contributed by atoms with Gasteiger partial charge in [0.15, 0.2) is 0 Å². The summed E-state index contributed by atoms with van der Waals surface area (Å²) in [6.45, 7) is -0.584. The minimum Gasteiger partial charge on any atom is -0.394 e. The van der Waals surface area contributed by atoms with Crippen LogP contribution in [0.4, 0.5) is 15.8 Å². The predicted molar refractivity (Wildman–Crippen MR) is 108 cm³/mol. The van der Waals surface area contributed by atoms with E-state index < -0.39 is 24.1 Å². The van der Waals surface area contributed by atoms with Crippen molar-refractivity contribution in [3.8, 4) is 0 Å². The number of nitrogens with one attached hydrogen (secondary N) is 1. The molecular formula is C21H22FN3O4. The highest BCUT2D eigenvalue weighted by atomic mass is 19.1. The van der Waals surface area contributed by atoms with Crippen LogP contribution in [-0.4, -0.2) is 32.1 Å². The van der Waals surface area contributed by atoms with Crippen molar-refractivity contribution in [1.29, 1.82) is 0 Å². The van der Waals surface area contributed by atoms with Crippen molar-refractivity contribution in [2.24, 2.45) is 7.05 Å². The Labute approximate surface area is 165 Å². The highest BCUT2D eigenvalue weighted by Gasteiger charge is 2.24. The number of rotatable bonds is 6. The molecule has 1 atom stereocenters. The van der Waals surface area contributed by atoms with Crippen molar-refractivity contribution in [3.05, 3.63) is 68.6 Å². The summed E-state index contributed by atoms with van der Waals surface area (Å²) in [6, 6.07) is 7.79. The number of benzene rings is 1. The van der Waals surface area contributed by atoms with E-state index in [0.29, 0.717) is 11.4 Å². The molecule has 1 aliphatic carbocycles. The van der Waals surface area contributed by atoms with Gasteiger partial charge in [-0.25, -0.2) is 4.39 Å². The van der Waals surface area contributed by atoms with Crippen LogP contribution in [0.3, 0.4) is 0 Å². The average molecular weight is 399 g/mol. The number of aliphatic hydroxyl groups is 2. The zero-order chi connectivity index (χ0) is 20.7. The maximum atomic E-state index is 14.6. The van der Waals surface area contributed by atoms with E-state index in [2.05, 4.69) is 5.32 Å². The van der Waals surface area contributed by atoms with E-state index in [-0.39, 0.29) is 28.9 Å². The summed E-state index contributed by atoms with van der Waals surface area (Å²) in [5, 5.41) is 21.8. The van der Waals surface area contributed by atoms with Gasteiger partial charge >= 0.3 is 0 Å². The van der Waals surface area contributed by atoms with Gasteiger partial charge in [0.05, 0.1) is 41.5 Å². The Hall–Kier alpha value is -2.97. The Morgan fingerprint density at radius 1 is 1.21 bits per heavy atom. The first-order valence-electron chi connectivity index (χ1n) is 9.47. The Balaban J connectivity index is 1.82. The van der Waals surface area contributed by atoms with Gasteiger partial charge in [-0.2, -0.15) is 0 Å². The lowest BCUT2D eigenvalue weighted by Gasteiger charge is -2.16. The van der Waals surface area contributed by atoms with Crippen LogP contribution in [0.1, 0.15) is 24.3 Å². The number of halogens is 1. The standard InChI is InChI=1S/C21H22FN3O4/c1-24-18-6-7-25(10-14(27)11-26)21(29)20(18)17(9-19(24)28)23-16-5-4-13(8-15(16)22)12-2-3-12/h4-9,12,14,23,26-27H,2-3,10-11H2,1H3. The maximum Gasteiger partial charge on any atom is 0.262 e. The SMILES string of the molecule is Cn1c(=O)cc(Nc2ccc(C3CC3)cc2F)c2c(=O)n(CC(O)CO)ccc21. The third kappa shape index (κ3) is 3.68. The lowest BCUT2D eigenvalue weighted by molar-refractivity contribution is 0.0805. The fourth-order valence-corrected chi connectivity index (χ4v) is 3.48. The summed E-state index contributed by atoms with van der Waals surface area (Å²) in [5.41, 5.74) is 0.899. The molecule has 3 aromatic rings. The highest BCUT2D eigenvalue weighted by molar-refractivity contribution is 5.92. The summed E-state index contributed by atoms with van der Waals surface area (Å²) in [4.78, 5) is 25.4. The second-order valence-electron chi connectivity index (χ2n) is 7.46. The topological polar surface area (TPSA) is 96.5 Å². The van der Waals surface area contributed by atoms with Gasteiger partial charge in [0.2, 0.25) is 0 Å². The molecule has 4 rings (SSSR count). The quantitative estimate of drug-likeness (QED) is 0.588. The van der Waals surface area contributed by atoms with Gasteiger partial charge in [0, 0.05) is 19.3 Å². The predicted octanol–water partition coefficient (Wildman–Crippen LogP) is 1.81. The summed E-state index contributed by atoms with van der Waals surface area (Å²) in [5.74, 6) is -0.0382. The monoisotopic (exact) mass is 399 g/mol. The van der Waals surface area contributed by atoms with Crippen LogP contribution < -0.4 is 16.4 Å². The van der Waals surface area contributed by atoms with Crippen molar-refractivity contribution in [2.45, 2.75) is 31.4 Å². The number of nitrogens with zero attached hydrogens (tertiary/aromatic N) is 2. The number of aliphatic hydroxyl groups excluding tert-OH is 2. The second-order valence-corrected chi connectivity index (χ2v) is 7.46. The minimum atomic E-state index is -1.10. The maximum absolute atomic E-state index is 14.6. The Morgan fingerprint density at radius 2 is 1.97 bits per heavy atom. The van der Waals surface area contributed by atoms with Crippen molar-refractivity contribution in [2.75, 3.05) is 11.9 Å². The molecule has 8 heteroatoms. The van der Waals surface area contributed by atoms with E-state index in [4.69, 9.17) is 5.11 Å². The molecule has 3 N–H and O–H groups in total. The van der Waals surface area contributed by atoms with Gasteiger partial charge < -0.3 is 24.7 Å². The van der Waals surface area contributed by atoms with Gasteiger partial charge in [0.25, 0.3) is 11.1 Å². The molecule has 1 unspecified atom stereocenters. The molecular weight excluding hydrogens is 377 g/mol. The number of hydrogen-bond donors (Lipinski definition) is 3. The van der Waals surface area contributed by atoms with E-state index in [0.717, 1.165) is 18.4 Å². The van der Waals surface area contributed by atoms with Gasteiger partial charge in [-0.1, -0.05) is 6.07 Å². The summed E-state index contributed by atoms with van der Waals surface area (Å²) >= 11 is 0. The largest absolute Gasteiger partial charge is 0.394 e. The molecule has 0 amide bonds. The van der Waals surface area contributed by atoms with Crippen LogP contribution >= 0.6 is 0 Å². The van der Waals surface area contributed by atoms with Gasteiger partial charge in [-0.05, 0) is 42.5 Å². The van der Waals surface area contributed by atoms with Crippen molar-refractivity contribution in [3.63, 3.8) is 0 Å². The van der Waals surface area contributed by atoms with Crippen LogP contribution in [-0.2, 0) is 13.6 Å². The number of hydrogen-bond acceptors (Lipinski definition) is 5. The average Bonchev–Trinajstić information content (AvgIpc) is 3.54. The van der Waals surface area contributed by atoms with Crippen LogP contribution in [0.5, 0.6) is 0 Å². The van der Waals surface area contributed by atoms with Crippen LogP contribution in [0.2, 0.25) is 0 Å². The van der Waals surface area contributed by atoms with Crippen molar-refractivity contribution in [1.82, 2.24) is 9.13 Å². The molecule has 29 heavy (non-hydrogen) atoms. The Kier molecular flexibility index (Phi) is 4.97. The first kappa shape index (κ1) is 19.4. The molecule has 1 fully saturated rings. The third-order valence-corrected chi connectivity index (χ3v) is 5.30. The van der Waals surface area contributed by atoms with Crippen LogP contribution in [0.25, 0.3) is 10.9 Å². The molecule has 2 heterocycles. The number of anilines is 2. The molecule has 1 saturated carbocycles. The molecule has 0 saturated heterocycles. The third-order valence-electron chi connectivity index (χ3n) is 5.30. The molecule has 152 valence electrons. The molecule has 1 aliphatic rings. The zero-order valence-electron chi connectivity index (χ0n) is 15.9. The highest BCUT2D eigenvalue weighted by Crippen LogP contribution is 2.41. The lowest BCUT2D eigenvalue weighted by Crippen LogP contribution is -2.30. The number of aryl methyl sites for hydroxylation is 1. The lowest BCUT2D eigenvalue weighted by atomic mass is 10.1. The van der Waals surface area contributed by atoms with Gasteiger partial charge in [-0.15, -0.1) is 0 Å². The van der Waals surface area contributed by atoms with E-state index in [1.54, 1.807) is 19.2 Å². The number of pyridine rings is 2. The number of fused-ring (bicyclic) bond motifs is 1. The van der Waals surface area contributed by atoms with Crippen molar-refractivity contribution >= 4 is 22.3 Å². The smallest absolute Gasteiger partial charge is 0.262 e. The molecule has 0 radical (unpaired) electrons. The van der Waals surface area contributed by atoms with Gasteiger partial charge in [-0.3, -0.25) is 9.59 Å². The summed E-state index contributed by atoms with van der Waals surface area (Å²) in [6.07, 6.45) is 2.48. The first-order chi connectivity index (χ1) is 13.9. The van der Waals surface area contributed by atoms with E-state index in [1.165, 1.54) is 27.5 Å². The Bertz CT molecular complexity index is 1200. The summed E-state index contributed by atoms with van der Waals surface area (Å²) < 4.78 is 17.2. The molecule has 7 nitrogen and oxygen atoms in total. The molecule has 0 bridgehead atoms. The fraction of sp³-hybridized carbons (Fsp3) is 0.333. The molecule has 0 spiro atoms. The second kappa shape index (κ2) is 7.46. The molecule has 2 aromatic heterocycles. The number of aromatic nitrogens is 2. The Morgan fingerprint density at radius 3 is 2.62 bits per heavy atom. The normalized spacial score (nSPS) is 14.9. The van der Waals surface area contributed by atoms with E-state index in [9.17, 15) is 19.1 Å². The van der Waals surface area contributed by atoms with Gasteiger partial charge in [0.1, 0.15) is 5.82 Å². The van der Waals surface area contributed by atoms with Crippen LogP contribution in [0, 0.1) is 5.82 Å².